The predicted molar refractivity (Wildman–Crippen MR) is 84.2 cm³/mol. The maximum absolute atomic E-state index is 11.0. The van der Waals surface area contributed by atoms with Crippen LogP contribution in [-0.4, -0.2) is 18.5 Å². The number of halogens is 1. The summed E-state index contributed by atoms with van der Waals surface area (Å²) in [6, 6.07) is 6.04. The summed E-state index contributed by atoms with van der Waals surface area (Å²) in [5.41, 5.74) is 7.47. The Morgan fingerprint density at radius 1 is 1.40 bits per heavy atom. The highest BCUT2D eigenvalue weighted by atomic mass is 35.5. The number of nitrogens with one attached hydrogen (secondary N) is 2. The first-order chi connectivity index (χ1) is 9.60. The van der Waals surface area contributed by atoms with Crippen molar-refractivity contribution in [2.45, 2.75) is 38.6 Å². The summed E-state index contributed by atoms with van der Waals surface area (Å²) in [6.07, 6.45) is 4.84. The Hall–Kier alpha value is -1.26. The van der Waals surface area contributed by atoms with Gasteiger partial charge in [0.1, 0.15) is 0 Å². The molecule has 1 aromatic carbocycles. The molecule has 2 unspecified atom stereocenters. The van der Waals surface area contributed by atoms with Crippen LogP contribution in [0.4, 0.5) is 11.4 Å². The normalized spacial score (nSPS) is 22.4. The zero-order valence-electron chi connectivity index (χ0n) is 11.8. The van der Waals surface area contributed by atoms with Crippen molar-refractivity contribution in [1.29, 1.82) is 0 Å². The van der Waals surface area contributed by atoms with E-state index in [4.69, 9.17) is 17.3 Å². The molecule has 2 rings (SSSR count). The molecule has 1 aromatic rings. The molecule has 20 heavy (non-hydrogen) atoms. The minimum Gasteiger partial charge on any atom is -0.382 e. The smallest absolute Gasteiger partial charge is 0.221 e. The van der Waals surface area contributed by atoms with Crippen LogP contribution in [0.2, 0.25) is 5.02 Å². The summed E-state index contributed by atoms with van der Waals surface area (Å²) < 4.78 is 0. The van der Waals surface area contributed by atoms with Gasteiger partial charge in [0.15, 0.2) is 0 Å². The molecule has 2 atom stereocenters. The van der Waals surface area contributed by atoms with Crippen molar-refractivity contribution in [3.63, 3.8) is 0 Å². The minimum atomic E-state index is -0.122. The standard InChI is InChI=1S/C15H22ClN3O/c1-10(20)18-15-7-6-12(8-13(15)16)19-14-5-3-2-4-11(14)9-17/h6-8,11,14,19H,2-5,9,17H2,1H3,(H,18,20). The third-order valence-corrected chi connectivity index (χ3v) is 4.16. The summed E-state index contributed by atoms with van der Waals surface area (Å²) in [6.45, 7) is 2.19. The van der Waals surface area contributed by atoms with Crippen LogP contribution in [0.3, 0.4) is 0 Å². The van der Waals surface area contributed by atoms with Crippen molar-refractivity contribution in [2.75, 3.05) is 17.2 Å². The van der Waals surface area contributed by atoms with Crippen molar-refractivity contribution in [1.82, 2.24) is 0 Å². The van der Waals surface area contributed by atoms with Gasteiger partial charge in [0.25, 0.3) is 0 Å². The van der Waals surface area contributed by atoms with Gasteiger partial charge in [0.2, 0.25) is 5.91 Å². The van der Waals surface area contributed by atoms with E-state index in [2.05, 4.69) is 10.6 Å². The molecule has 1 amide bonds. The van der Waals surface area contributed by atoms with E-state index in [1.54, 1.807) is 0 Å². The second-order valence-corrected chi connectivity index (χ2v) is 5.81. The van der Waals surface area contributed by atoms with Crippen LogP contribution in [-0.2, 0) is 4.79 Å². The first-order valence-corrected chi connectivity index (χ1v) is 7.51. The molecule has 0 heterocycles. The van der Waals surface area contributed by atoms with Crippen LogP contribution in [0.15, 0.2) is 18.2 Å². The quantitative estimate of drug-likeness (QED) is 0.799. The van der Waals surface area contributed by atoms with Gasteiger partial charge >= 0.3 is 0 Å². The number of amides is 1. The summed E-state index contributed by atoms with van der Waals surface area (Å²) in [4.78, 5) is 11.0. The van der Waals surface area contributed by atoms with E-state index in [-0.39, 0.29) is 5.91 Å². The third-order valence-electron chi connectivity index (χ3n) is 3.84. The zero-order chi connectivity index (χ0) is 14.5. The molecule has 0 saturated heterocycles. The number of hydrogen-bond acceptors (Lipinski definition) is 3. The SMILES string of the molecule is CC(=O)Nc1ccc(NC2CCCCC2CN)cc1Cl. The van der Waals surface area contributed by atoms with Crippen LogP contribution in [0, 0.1) is 5.92 Å². The average Bonchev–Trinajstić information content (AvgIpc) is 2.42. The molecular weight excluding hydrogens is 274 g/mol. The molecule has 0 aliphatic heterocycles. The molecule has 4 N–H and O–H groups in total. The van der Waals surface area contributed by atoms with Gasteiger partial charge in [-0.3, -0.25) is 4.79 Å². The second kappa shape index (κ2) is 6.95. The molecule has 0 radical (unpaired) electrons. The number of hydrogen-bond donors (Lipinski definition) is 3. The Morgan fingerprint density at radius 2 is 2.15 bits per heavy atom. The average molecular weight is 296 g/mol. The number of nitrogens with two attached hydrogens (primary N) is 1. The molecule has 1 fully saturated rings. The lowest BCUT2D eigenvalue weighted by molar-refractivity contribution is -0.114. The zero-order valence-corrected chi connectivity index (χ0v) is 12.5. The van der Waals surface area contributed by atoms with Crippen LogP contribution in [0.5, 0.6) is 0 Å². The fraction of sp³-hybridized carbons (Fsp3) is 0.533. The third kappa shape index (κ3) is 3.87. The lowest BCUT2D eigenvalue weighted by atomic mass is 9.84. The Bertz CT molecular complexity index is 478. The topological polar surface area (TPSA) is 67.2 Å². The predicted octanol–water partition coefficient (Wildman–Crippen LogP) is 3.23. The van der Waals surface area contributed by atoms with Gasteiger partial charge in [0, 0.05) is 18.7 Å². The highest BCUT2D eigenvalue weighted by Crippen LogP contribution is 2.30. The monoisotopic (exact) mass is 295 g/mol. The highest BCUT2D eigenvalue weighted by molar-refractivity contribution is 6.34. The summed E-state index contributed by atoms with van der Waals surface area (Å²) >= 11 is 6.18. The molecule has 1 aliphatic rings. The van der Waals surface area contributed by atoms with Gasteiger partial charge in [-0.2, -0.15) is 0 Å². The number of anilines is 2. The maximum Gasteiger partial charge on any atom is 0.221 e. The molecule has 5 heteroatoms. The van der Waals surface area contributed by atoms with E-state index in [0.717, 1.165) is 18.7 Å². The highest BCUT2D eigenvalue weighted by Gasteiger charge is 2.23. The number of benzene rings is 1. The Morgan fingerprint density at radius 3 is 2.80 bits per heavy atom. The minimum absolute atomic E-state index is 0.122. The summed E-state index contributed by atoms with van der Waals surface area (Å²) in [5.74, 6) is 0.403. The van der Waals surface area contributed by atoms with Gasteiger partial charge < -0.3 is 16.4 Å². The van der Waals surface area contributed by atoms with Gasteiger partial charge in [-0.25, -0.2) is 0 Å². The van der Waals surface area contributed by atoms with E-state index in [0.29, 0.717) is 22.7 Å². The lowest BCUT2D eigenvalue weighted by Crippen LogP contribution is -2.36. The van der Waals surface area contributed by atoms with Crippen LogP contribution in [0.25, 0.3) is 0 Å². The van der Waals surface area contributed by atoms with Gasteiger partial charge in [-0.15, -0.1) is 0 Å². The van der Waals surface area contributed by atoms with Crippen LogP contribution in [0.1, 0.15) is 32.6 Å². The second-order valence-electron chi connectivity index (χ2n) is 5.41. The molecule has 0 spiro atoms. The molecule has 1 aliphatic carbocycles. The molecule has 0 bridgehead atoms. The number of carbonyl (C=O) groups excluding carboxylic acids is 1. The van der Waals surface area contributed by atoms with E-state index in [1.807, 2.05) is 18.2 Å². The van der Waals surface area contributed by atoms with E-state index in [1.165, 1.54) is 26.2 Å². The van der Waals surface area contributed by atoms with Crippen molar-refractivity contribution < 1.29 is 4.79 Å². The van der Waals surface area contributed by atoms with E-state index in [9.17, 15) is 4.79 Å². The first kappa shape index (κ1) is 15.1. The van der Waals surface area contributed by atoms with Crippen molar-refractivity contribution in [3.05, 3.63) is 23.2 Å². The summed E-state index contributed by atoms with van der Waals surface area (Å²) in [5, 5.41) is 6.78. The van der Waals surface area contributed by atoms with Crippen molar-refractivity contribution >= 4 is 28.9 Å². The van der Waals surface area contributed by atoms with Gasteiger partial charge in [0.05, 0.1) is 10.7 Å². The fourth-order valence-electron chi connectivity index (χ4n) is 2.79. The largest absolute Gasteiger partial charge is 0.382 e. The number of carbonyl (C=O) groups is 1. The van der Waals surface area contributed by atoms with Gasteiger partial charge in [-0.05, 0) is 43.5 Å². The molecule has 4 nitrogen and oxygen atoms in total. The fourth-order valence-corrected chi connectivity index (χ4v) is 3.02. The number of rotatable bonds is 4. The molecule has 110 valence electrons. The molecular formula is C15H22ClN3O. The summed E-state index contributed by atoms with van der Waals surface area (Å²) in [7, 11) is 0. The van der Waals surface area contributed by atoms with E-state index < -0.39 is 0 Å². The van der Waals surface area contributed by atoms with Crippen molar-refractivity contribution in [2.24, 2.45) is 11.7 Å². The Labute approximate surface area is 125 Å². The molecule has 1 saturated carbocycles. The maximum atomic E-state index is 11.0. The van der Waals surface area contributed by atoms with Crippen LogP contribution < -0.4 is 16.4 Å². The van der Waals surface area contributed by atoms with Crippen LogP contribution >= 0.6 is 11.6 Å². The molecule has 0 aromatic heterocycles. The first-order valence-electron chi connectivity index (χ1n) is 7.14. The lowest BCUT2D eigenvalue weighted by Gasteiger charge is -2.32. The van der Waals surface area contributed by atoms with Crippen molar-refractivity contribution in [3.8, 4) is 0 Å². The Balaban J connectivity index is 2.05. The van der Waals surface area contributed by atoms with E-state index >= 15 is 0 Å². The Kier molecular flexibility index (Phi) is 5.26. The van der Waals surface area contributed by atoms with Gasteiger partial charge in [-0.1, -0.05) is 24.4 Å².